The quantitative estimate of drug-likeness (QED) is 0.715. The fourth-order valence-corrected chi connectivity index (χ4v) is 2.81. The molecule has 0 aliphatic carbocycles. The number of hydrogen-bond donors (Lipinski definition) is 1. The molecule has 0 aliphatic rings. The molecule has 2 aromatic carbocycles. The number of hydrogen-bond acceptors (Lipinski definition) is 2. The molecular weight excluding hydrogens is 310 g/mol. The summed E-state index contributed by atoms with van der Waals surface area (Å²) in [7, 11) is 0. The first kappa shape index (κ1) is 17.8. The van der Waals surface area contributed by atoms with Crippen LogP contribution in [-0.2, 0) is 11.3 Å². The monoisotopic (exact) mass is 334 g/mol. The fourth-order valence-electron chi connectivity index (χ4n) is 2.48. The standard InChI is InChI=1S/C19H24ClNO2/c1-15-12-18(20)13-16(2)19(15)23-11-10-22-9-8-21-14-17-6-4-3-5-7-17/h3-7,12-13,21H,8-11,14H2,1-2H3/p+1. The topological polar surface area (TPSA) is 35.1 Å². The highest BCUT2D eigenvalue weighted by atomic mass is 35.5. The van der Waals surface area contributed by atoms with Gasteiger partial charge in [0.1, 0.15) is 18.9 Å². The van der Waals surface area contributed by atoms with Crippen LogP contribution in [0.5, 0.6) is 5.75 Å². The van der Waals surface area contributed by atoms with Crippen molar-refractivity contribution in [1.29, 1.82) is 0 Å². The van der Waals surface area contributed by atoms with Gasteiger partial charge in [-0.1, -0.05) is 41.9 Å². The maximum atomic E-state index is 6.02. The number of benzene rings is 2. The zero-order valence-electron chi connectivity index (χ0n) is 13.8. The zero-order chi connectivity index (χ0) is 16.5. The maximum Gasteiger partial charge on any atom is 0.125 e. The van der Waals surface area contributed by atoms with Crippen molar-refractivity contribution in [1.82, 2.24) is 0 Å². The second-order valence-corrected chi connectivity index (χ2v) is 6.03. The van der Waals surface area contributed by atoms with Crippen LogP contribution in [-0.4, -0.2) is 26.4 Å². The highest BCUT2D eigenvalue weighted by Crippen LogP contribution is 2.26. The Balaban J connectivity index is 1.56. The van der Waals surface area contributed by atoms with Gasteiger partial charge < -0.3 is 14.8 Å². The molecule has 23 heavy (non-hydrogen) atoms. The number of aryl methyl sites for hydroxylation is 2. The predicted octanol–water partition coefficient (Wildman–Crippen LogP) is 3.12. The van der Waals surface area contributed by atoms with Crippen molar-refractivity contribution in [3.8, 4) is 5.75 Å². The van der Waals surface area contributed by atoms with E-state index in [0.717, 1.165) is 41.6 Å². The molecule has 2 rings (SSSR count). The molecule has 0 heterocycles. The molecule has 0 radical (unpaired) electrons. The minimum absolute atomic E-state index is 0.558. The van der Waals surface area contributed by atoms with Crippen molar-refractivity contribution in [2.75, 3.05) is 26.4 Å². The van der Waals surface area contributed by atoms with Crippen LogP contribution in [0.25, 0.3) is 0 Å². The average molecular weight is 335 g/mol. The predicted molar refractivity (Wildman–Crippen MR) is 94.2 cm³/mol. The molecule has 0 spiro atoms. The minimum Gasteiger partial charge on any atom is -0.491 e. The minimum atomic E-state index is 0.558. The highest BCUT2D eigenvalue weighted by Gasteiger charge is 2.05. The fraction of sp³-hybridized carbons (Fsp3) is 0.368. The molecule has 124 valence electrons. The van der Waals surface area contributed by atoms with Crippen LogP contribution in [0.3, 0.4) is 0 Å². The summed E-state index contributed by atoms with van der Waals surface area (Å²) in [6.07, 6.45) is 0. The third kappa shape index (κ3) is 6.22. The van der Waals surface area contributed by atoms with Gasteiger partial charge in [0, 0.05) is 10.6 Å². The van der Waals surface area contributed by atoms with E-state index in [0.29, 0.717) is 13.2 Å². The first-order valence-corrected chi connectivity index (χ1v) is 8.37. The molecule has 0 saturated heterocycles. The van der Waals surface area contributed by atoms with E-state index in [1.54, 1.807) is 0 Å². The van der Waals surface area contributed by atoms with Crippen molar-refractivity contribution >= 4 is 11.6 Å². The largest absolute Gasteiger partial charge is 0.491 e. The maximum absolute atomic E-state index is 6.02. The van der Waals surface area contributed by atoms with Gasteiger partial charge in [0.15, 0.2) is 0 Å². The lowest BCUT2D eigenvalue weighted by Crippen LogP contribution is -2.83. The molecule has 0 aromatic heterocycles. The zero-order valence-corrected chi connectivity index (χ0v) is 14.6. The summed E-state index contributed by atoms with van der Waals surface area (Å²) in [5.74, 6) is 0.911. The lowest BCUT2D eigenvalue weighted by atomic mass is 10.1. The van der Waals surface area contributed by atoms with E-state index in [9.17, 15) is 0 Å². The van der Waals surface area contributed by atoms with Crippen molar-refractivity contribution in [2.45, 2.75) is 20.4 Å². The summed E-state index contributed by atoms with van der Waals surface area (Å²) in [6, 6.07) is 14.3. The number of ether oxygens (including phenoxy) is 2. The Hall–Kier alpha value is -1.55. The Labute approximate surface area is 143 Å². The van der Waals surface area contributed by atoms with Crippen LogP contribution < -0.4 is 10.1 Å². The van der Waals surface area contributed by atoms with E-state index in [-0.39, 0.29) is 0 Å². The molecule has 0 fully saturated rings. The normalized spacial score (nSPS) is 10.7. The molecule has 4 heteroatoms. The van der Waals surface area contributed by atoms with E-state index >= 15 is 0 Å². The Morgan fingerprint density at radius 2 is 1.65 bits per heavy atom. The molecule has 2 N–H and O–H groups in total. The molecule has 0 atom stereocenters. The third-order valence-corrected chi connectivity index (χ3v) is 3.81. The summed E-state index contributed by atoms with van der Waals surface area (Å²) in [6.45, 7) is 7.84. The Kier molecular flexibility index (Phi) is 7.40. The number of halogens is 1. The van der Waals surface area contributed by atoms with Crippen LogP contribution >= 0.6 is 11.6 Å². The molecule has 0 saturated carbocycles. The van der Waals surface area contributed by atoms with E-state index in [2.05, 4.69) is 29.6 Å². The van der Waals surface area contributed by atoms with Gasteiger partial charge in [-0.05, 0) is 37.1 Å². The van der Waals surface area contributed by atoms with Crippen LogP contribution in [0, 0.1) is 13.8 Å². The van der Waals surface area contributed by atoms with Crippen molar-refractivity contribution < 1.29 is 14.8 Å². The number of nitrogens with two attached hydrogens (primary N) is 1. The summed E-state index contributed by atoms with van der Waals surface area (Å²) < 4.78 is 11.4. The molecule has 0 unspecified atom stereocenters. The summed E-state index contributed by atoms with van der Waals surface area (Å²) in [5.41, 5.74) is 3.46. The van der Waals surface area contributed by atoms with Gasteiger partial charge in [0.05, 0.1) is 19.8 Å². The van der Waals surface area contributed by atoms with E-state index in [1.807, 2.05) is 32.0 Å². The molecule has 3 nitrogen and oxygen atoms in total. The Morgan fingerprint density at radius 1 is 0.957 bits per heavy atom. The molecular formula is C19H25ClNO2+. The van der Waals surface area contributed by atoms with E-state index in [4.69, 9.17) is 21.1 Å². The Morgan fingerprint density at radius 3 is 2.35 bits per heavy atom. The van der Waals surface area contributed by atoms with Gasteiger partial charge in [-0.2, -0.15) is 0 Å². The van der Waals surface area contributed by atoms with Gasteiger partial charge in [-0.15, -0.1) is 0 Å². The third-order valence-electron chi connectivity index (χ3n) is 3.59. The van der Waals surface area contributed by atoms with Crippen LogP contribution in [0.2, 0.25) is 5.02 Å². The molecule has 0 amide bonds. The second kappa shape index (κ2) is 9.56. The Bertz CT molecular complexity index is 579. The van der Waals surface area contributed by atoms with Gasteiger partial charge in [0.2, 0.25) is 0 Å². The average Bonchev–Trinajstić information content (AvgIpc) is 2.53. The summed E-state index contributed by atoms with van der Waals surface area (Å²) >= 11 is 6.02. The number of quaternary nitrogens is 1. The van der Waals surface area contributed by atoms with Gasteiger partial charge in [0.25, 0.3) is 0 Å². The van der Waals surface area contributed by atoms with Gasteiger partial charge in [-0.3, -0.25) is 0 Å². The van der Waals surface area contributed by atoms with Gasteiger partial charge >= 0.3 is 0 Å². The first-order chi connectivity index (χ1) is 11.2. The second-order valence-electron chi connectivity index (χ2n) is 5.60. The van der Waals surface area contributed by atoms with Crippen LogP contribution in [0.15, 0.2) is 42.5 Å². The highest BCUT2D eigenvalue weighted by molar-refractivity contribution is 6.30. The van der Waals surface area contributed by atoms with Crippen LogP contribution in [0.1, 0.15) is 16.7 Å². The number of rotatable bonds is 9. The van der Waals surface area contributed by atoms with Crippen molar-refractivity contribution in [2.24, 2.45) is 0 Å². The van der Waals surface area contributed by atoms with Crippen LogP contribution in [0.4, 0.5) is 0 Å². The van der Waals surface area contributed by atoms with Gasteiger partial charge in [-0.25, -0.2) is 0 Å². The lowest BCUT2D eigenvalue weighted by molar-refractivity contribution is -0.672. The van der Waals surface area contributed by atoms with Crippen molar-refractivity contribution in [3.63, 3.8) is 0 Å². The molecule has 0 bridgehead atoms. The molecule has 0 aliphatic heterocycles. The lowest BCUT2D eigenvalue weighted by Gasteiger charge is -2.12. The first-order valence-electron chi connectivity index (χ1n) is 7.99. The van der Waals surface area contributed by atoms with E-state index < -0.39 is 0 Å². The van der Waals surface area contributed by atoms with E-state index in [1.165, 1.54) is 5.56 Å². The smallest absolute Gasteiger partial charge is 0.125 e. The summed E-state index contributed by atoms with van der Waals surface area (Å²) in [5, 5.41) is 3.00. The summed E-state index contributed by atoms with van der Waals surface area (Å²) in [4.78, 5) is 0. The van der Waals surface area contributed by atoms with Crippen molar-refractivity contribution in [3.05, 3.63) is 64.2 Å². The SMILES string of the molecule is Cc1cc(Cl)cc(C)c1OCCOCC[NH2+]Cc1ccccc1. The molecule has 2 aromatic rings.